The first-order valence-electron chi connectivity index (χ1n) is 6.22. The van der Waals surface area contributed by atoms with Crippen molar-refractivity contribution in [2.75, 3.05) is 0 Å². The highest BCUT2D eigenvalue weighted by Gasteiger charge is 2.43. The Bertz CT molecular complexity index is 419. The van der Waals surface area contributed by atoms with Gasteiger partial charge in [-0.3, -0.25) is 4.79 Å². The molecule has 0 saturated carbocycles. The van der Waals surface area contributed by atoms with E-state index in [-0.39, 0.29) is 5.41 Å². The second-order valence-electron chi connectivity index (χ2n) is 6.01. The number of hydrogen-bond donors (Lipinski definition) is 2. The van der Waals surface area contributed by atoms with Crippen molar-refractivity contribution < 1.29 is 9.90 Å². The molecule has 3 heteroatoms. The van der Waals surface area contributed by atoms with Gasteiger partial charge in [-0.25, -0.2) is 0 Å². The van der Waals surface area contributed by atoms with Crippen LogP contribution in [0.4, 0.5) is 0 Å². The molecule has 0 fully saturated rings. The maximum atomic E-state index is 11.3. The highest BCUT2D eigenvalue weighted by atomic mass is 16.4. The minimum Gasteiger partial charge on any atom is -0.481 e. The summed E-state index contributed by atoms with van der Waals surface area (Å²) < 4.78 is 0. The van der Waals surface area contributed by atoms with E-state index in [4.69, 9.17) is 5.73 Å². The molecule has 0 bridgehead atoms. The summed E-state index contributed by atoms with van der Waals surface area (Å²) in [5, 5.41) is 9.32. The summed E-state index contributed by atoms with van der Waals surface area (Å²) in [5.41, 5.74) is 6.71. The van der Waals surface area contributed by atoms with E-state index in [0.717, 1.165) is 17.5 Å². The molecular formula is C15H23NO2. The van der Waals surface area contributed by atoms with Crippen LogP contribution in [0.2, 0.25) is 0 Å². The summed E-state index contributed by atoms with van der Waals surface area (Å²) >= 11 is 0. The summed E-state index contributed by atoms with van der Waals surface area (Å²) in [7, 11) is 0. The Morgan fingerprint density at radius 2 is 1.56 bits per heavy atom. The molecule has 1 rings (SSSR count). The summed E-state index contributed by atoms with van der Waals surface area (Å²) in [6.45, 7) is 8.09. The average Bonchev–Trinajstić information content (AvgIpc) is 2.29. The lowest BCUT2D eigenvalue weighted by Gasteiger charge is -2.38. The zero-order valence-electron chi connectivity index (χ0n) is 11.7. The zero-order valence-corrected chi connectivity index (χ0v) is 11.7. The van der Waals surface area contributed by atoms with Gasteiger partial charge >= 0.3 is 5.97 Å². The lowest BCUT2D eigenvalue weighted by atomic mass is 9.65. The first kappa shape index (κ1) is 14.7. The molecule has 0 aliphatic rings. The van der Waals surface area contributed by atoms with E-state index in [1.54, 1.807) is 13.8 Å². The molecular weight excluding hydrogens is 226 g/mol. The summed E-state index contributed by atoms with van der Waals surface area (Å²) in [6, 6.07) is 8.06. The minimum absolute atomic E-state index is 0.316. The van der Waals surface area contributed by atoms with Gasteiger partial charge in [-0.1, -0.05) is 38.1 Å². The second kappa shape index (κ2) is 5.11. The van der Waals surface area contributed by atoms with Gasteiger partial charge < -0.3 is 10.8 Å². The number of carboxylic acids is 1. The van der Waals surface area contributed by atoms with E-state index in [0.29, 0.717) is 6.54 Å². The number of aliphatic carboxylic acids is 1. The zero-order chi connectivity index (χ0) is 14.0. The third-order valence-corrected chi connectivity index (χ3v) is 4.13. The van der Waals surface area contributed by atoms with E-state index in [1.807, 2.05) is 38.1 Å². The Kier molecular flexibility index (Phi) is 4.17. The van der Waals surface area contributed by atoms with Crippen molar-refractivity contribution in [3.63, 3.8) is 0 Å². The molecule has 0 aliphatic carbocycles. The Balaban J connectivity index is 2.91. The summed E-state index contributed by atoms with van der Waals surface area (Å²) in [5.74, 6) is -0.758. The third-order valence-electron chi connectivity index (χ3n) is 4.13. The van der Waals surface area contributed by atoms with Gasteiger partial charge in [-0.2, -0.15) is 0 Å². The Hall–Kier alpha value is -1.35. The van der Waals surface area contributed by atoms with E-state index in [1.165, 1.54) is 0 Å². The number of hydrogen-bond acceptors (Lipinski definition) is 2. The van der Waals surface area contributed by atoms with Gasteiger partial charge in [0.05, 0.1) is 5.41 Å². The molecule has 0 spiro atoms. The molecule has 0 saturated heterocycles. The smallest absolute Gasteiger partial charge is 0.309 e. The van der Waals surface area contributed by atoms with Crippen LogP contribution < -0.4 is 5.73 Å². The van der Waals surface area contributed by atoms with Gasteiger partial charge in [0.15, 0.2) is 0 Å². The SMILES string of the molecule is CC(C)(Cc1ccc(CN)cc1)C(C)(C)C(=O)O. The fourth-order valence-electron chi connectivity index (χ4n) is 1.81. The predicted octanol–water partition coefficient (Wildman–Crippen LogP) is 2.82. The van der Waals surface area contributed by atoms with Crippen molar-refractivity contribution in [2.24, 2.45) is 16.6 Å². The monoisotopic (exact) mass is 249 g/mol. The first-order valence-corrected chi connectivity index (χ1v) is 6.22. The fourth-order valence-corrected chi connectivity index (χ4v) is 1.81. The fraction of sp³-hybridized carbons (Fsp3) is 0.533. The molecule has 18 heavy (non-hydrogen) atoms. The van der Waals surface area contributed by atoms with Crippen molar-refractivity contribution >= 4 is 5.97 Å². The van der Waals surface area contributed by atoms with Gasteiger partial charge in [0.25, 0.3) is 0 Å². The van der Waals surface area contributed by atoms with Crippen LogP contribution in [0, 0.1) is 10.8 Å². The molecule has 1 aromatic rings. The molecule has 1 aromatic carbocycles. The van der Waals surface area contributed by atoms with Crippen molar-refractivity contribution in [2.45, 2.75) is 40.7 Å². The van der Waals surface area contributed by atoms with Crippen molar-refractivity contribution in [3.05, 3.63) is 35.4 Å². The van der Waals surface area contributed by atoms with E-state index < -0.39 is 11.4 Å². The van der Waals surface area contributed by atoms with Crippen LogP contribution in [0.15, 0.2) is 24.3 Å². The minimum atomic E-state index is -0.764. The first-order chi connectivity index (χ1) is 8.20. The van der Waals surface area contributed by atoms with Crippen LogP contribution in [-0.4, -0.2) is 11.1 Å². The molecule has 0 amide bonds. The van der Waals surface area contributed by atoms with Gasteiger partial charge in [0.2, 0.25) is 0 Å². The molecule has 0 radical (unpaired) electrons. The van der Waals surface area contributed by atoms with E-state index in [2.05, 4.69) is 0 Å². The Labute approximate surface area is 109 Å². The summed E-state index contributed by atoms with van der Waals surface area (Å²) in [6.07, 6.45) is 0.733. The largest absolute Gasteiger partial charge is 0.481 e. The van der Waals surface area contributed by atoms with Crippen LogP contribution >= 0.6 is 0 Å². The lowest BCUT2D eigenvalue weighted by molar-refractivity contribution is -0.153. The lowest BCUT2D eigenvalue weighted by Crippen LogP contribution is -2.41. The molecule has 3 nitrogen and oxygen atoms in total. The highest BCUT2D eigenvalue weighted by Crippen LogP contribution is 2.41. The number of rotatable bonds is 5. The maximum absolute atomic E-state index is 11.3. The van der Waals surface area contributed by atoms with E-state index >= 15 is 0 Å². The Morgan fingerprint density at radius 3 is 1.94 bits per heavy atom. The van der Waals surface area contributed by atoms with Crippen molar-refractivity contribution in [1.82, 2.24) is 0 Å². The second-order valence-corrected chi connectivity index (χ2v) is 6.01. The van der Waals surface area contributed by atoms with Crippen LogP contribution in [0.1, 0.15) is 38.8 Å². The molecule has 0 aromatic heterocycles. The highest BCUT2D eigenvalue weighted by molar-refractivity contribution is 5.74. The van der Waals surface area contributed by atoms with Crippen molar-refractivity contribution in [3.8, 4) is 0 Å². The molecule has 0 aliphatic heterocycles. The van der Waals surface area contributed by atoms with Gasteiger partial charge in [0.1, 0.15) is 0 Å². The number of carbonyl (C=O) groups is 1. The van der Waals surface area contributed by atoms with Crippen LogP contribution in [0.25, 0.3) is 0 Å². The van der Waals surface area contributed by atoms with Gasteiger partial charge in [0, 0.05) is 6.54 Å². The Morgan fingerprint density at radius 1 is 1.11 bits per heavy atom. The van der Waals surface area contributed by atoms with Crippen LogP contribution in [0.5, 0.6) is 0 Å². The van der Waals surface area contributed by atoms with Gasteiger partial charge in [-0.15, -0.1) is 0 Å². The molecule has 3 N–H and O–H groups in total. The number of carboxylic acid groups (broad SMARTS) is 1. The standard InChI is InChI=1S/C15H23NO2/c1-14(2,15(3,4)13(17)18)9-11-5-7-12(10-16)8-6-11/h5-8H,9-10,16H2,1-4H3,(H,17,18). The van der Waals surface area contributed by atoms with Crippen LogP contribution in [0.3, 0.4) is 0 Å². The quantitative estimate of drug-likeness (QED) is 0.843. The predicted molar refractivity (Wildman–Crippen MR) is 73.2 cm³/mol. The molecule has 0 heterocycles. The molecule has 0 atom stereocenters. The number of benzene rings is 1. The van der Waals surface area contributed by atoms with Gasteiger partial charge in [-0.05, 0) is 36.8 Å². The third kappa shape index (κ3) is 2.91. The van der Waals surface area contributed by atoms with E-state index in [9.17, 15) is 9.90 Å². The number of nitrogens with two attached hydrogens (primary N) is 1. The molecule has 0 unspecified atom stereocenters. The topological polar surface area (TPSA) is 63.3 Å². The van der Waals surface area contributed by atoms with Crippen LogP contribution in [-0.2, 0) is 17.8 Å². The average molecular weight is 249 g/mol. The molecule has 100 valence electrons. The van der Waals surface area contributed by atoms with Crippen molar-refractivity contribution in [1.29, 1.82) is 0 Å². The summed E-state index contributed by atoms with van der Waals surface area (Å²) in [4.78, 5) is 11.3. The normalized spacial score (nSPS) is 12.5. The maximum Gasteiger partial charge on any atom is 0.309 e.